The summed E-state index contributed by atoms with van der Waals surface area (Å²) in [4.78, 5) is 13.1. The van der Waals surface area contributed by atoms with Crippen LogP contribution in [-0.2, 0) is 4.79 Å². The number of nitrogens with zero attached hydrogens (tertiary/aromatic N) is 2. The molecule has 0 unspecified atom stereocenters. The van der Waals surface area contributed by atoms with Crippen LogP contribution < -0.4 is 14.8 Å². The van der Waals surface area contributed by atoms with Crippen molar-refractivity contribution in [3.05, 3.63) is 48.0 Å². The first-order valence-corrected chi connectivity index (χ1v) is 8.89. The first-order valence-electron chi connectivity index (χ1n) is 7.90. The van der Waals surface area contributed by atoms with E-state index in [2.05, 4.69) is 15.5 Å². The predicted molar refractivity (Wildman–Crippen MR) is 96.4 cm³/mol. The van der Waals surface area contributed by atoms with Crippen molar-refractivity contribution in [3.8, 4) is 23.0 Å². The molecule has 0 fully saturated rings. The Balaban J connectivity index is 1.37. The maximum atomic E-state index is 12.1. The molecule has 0 saturated heterocycles. The summed E-state index contributed by atoms with van der Waals surface area (Å²) >= 11 is 1.44. The largest absolute Gasteiger partial charge is 0.454 e. The van der Waals surface area contributed by atoms with E-state index in [4.69, 9.17) is 13.9 Å². The van der Waals surface area contributed by atoms with E-state index in [-0.39, 0.29) is 24.5 Å². The predicted octanol–water partition coefficient (Wildman–Crippen LogP) is 3.50. The van der Waals surface area contributed by atoms with Crippen molar-refractivity contribution in [2.45, 2.75) is 11.8 Å². The third kappa shape index (κ3) is 3.65. The average Bonchev–Trinajstić information content (AvgIpc) is 3.29. The fourth-order valence-corrected chi connectivity index (χ4v) is 3.06. The topological polar surface area (TPSA) is 86.5 Å². The number of amides is 1. The van der Waals surface area contributed by atoms with Gasteiger partial charge in [0, 0.05) is 10.5 Å². The summed E-state index contributed by atoms with van der Waals surface area (Å²) in [6, 6.07) is 13.4. The Bertz CT molecular complexity index is 940. The van der Waals surface area contributed by atoms with E-state index < -0.39 is 0 Å². The highest BCUT2D eigenvalue weighted by atomic mass is 32.2. The maximum absolute atomic E-state index is 12.1. The van der Waals surface area contributed by atoms with E-state index in [1.807, 2.05) is 31.2 Å². The zero-order valence-electron chi connectivity index (χ0n) is 13.9. The standard InChI is InChI=1S/C18H15N3O4S/c1-11-2-5-13(6-3-11)26-9-16(22)19-18-21-20-17(25-18)12-4-7-14-15(8-12)24-10-23-14/h2-8H,9-10H2,1H3,(H,19,21,22). The molecule has 1 N–H and O–H groups in total. The molecule has 1 aliphatic rings. The number of nitrogens with one attached hydrogen (secondary N) is 1. The van der Waals surface area contributed by atoms with Crippen LogP contribution in [0.1, 0.15) is 5.56 Å². The number of carbonyl (C=O) groups excluding carboxylic acids is 1. The van der Waals surface area contributed by atoms with Crippen molar-refractivity contribution >= 4 is 23.7 Å². The van der Waals surface area contributed by atoms with Gasteiger partial charge < -0.3 is 13.9 Å². The number of rotatable bonds is 5. The van der Waals surface area contributed by atoms with Crippen molar-refractivity contribution in [3.63, 3.8) is 0 Å². The molecule has 4 rings (SSSR count). The summed E-state index contributed by atoms with van der Waals surface area (Å²) in [5.74, 6) is 1.64. The summed E-state index contributed by atoms with van der Waals surface area (Å²) in [5, 5.41) is 10.4. The van der Waals surface area contributed by atoms with Crippen LogP contribution in [0.4, 0.5) is 6.01 Å². The molecular formula is C18H15N3O4S. The van der Waals surface area contributed by atoms with Gasteiger partial charge >= 0.3 is 6.01 Å². The van der Waals surface area contributed by atoms with Gasteiger partial charge in [0.15, 0.2) is 11.5 Å². The number of anilines is 1. The van der Waals surface area contributed by atoms with Crippen LogP contribution in [0, 0.1) is 6.92 Å². The van der Waals surface area contributed by atoms with E-state index in [1.54, 1.807) is 18.2 Å². The minimum absolute atomic E-state index is 0.0622. The minimum Gasteiger partial charge on any atom is -0.454 e. The Morgan fingerprint density at radius 2 is 1.92 bits per heavy atom. The Kier molecular flexibility index (Phi) is 4.49. The molecule has 26 heavy (non-hydrogen) atoms. The van der Waals surface area contributed by atoms with Crippen LogP contribution in [-0.4, -0.2) is 28.7 Å². The van der Waals surface area contributed by atoms with Gasteiger partial charge in [0.1, 0.15) is 0 Å². The van der Waals surface area contributed by atoms with Crippen molar-refractivity contribution in [1.29, 1.82) is 0 Å². The number of carbonyl (C=O) groups is 1. The monoisotopic (exact) mass is 369 g/mol. The van der Waals surface area contributed by atoms with Crippen molar-refractivity contribution in [2.24, 2.45) is 0 Å². The highest BCUT2D eigenvalue weighted by Crippen LogP contribution is 2.35. The van der Waals surface area contributed by atoms with E-state index in [0.717, 1.165) is 4.90 Å². The molecule has 2 aromatic carbocycles. The van der Waals surface area contributed by atoms with Crippen LogP contribution in [0.25, 0.3) is 11.5 Å². The van der Waals surface area contributed by atoms with E-state index in [9.17, 15) is 4.79 Å². The van der Waals surface area contributed by atoms with Crippen LogP contribution in [0.15, 0.2) is 51.8 Å². The summed E-state index contributed by atoms with van der Waals surface area (Å²) in [6.45, 7) is 2.22. The molecule has 3 aromatic rings. The molecule has 8 heteroatoms. The van der Waals surface area contributed by atoms with E-state index in [0.29, 0.717) is 23.0 Å². The van der Waals surface area contributed by atoms with Gasteiger partial charge in [-0.15, -0.1) is 16.9 Å². The number of aromatic nitrogens is 2. The van der Waals surface area contributed by atoms with Crippen LogP contribution in [0.3, 0.4) is 0 Å². The number of hydrogen-bond acceptors (Lipinski definition) is 7. The van der Waals surface area contributed by atoms with E-state index in [1.165, 1.54) is 17.3 Å². The average molecular weight is 369 g/mol. The van der Waals surface area contributed by atoms with Gasteiger partial charge in [-0.05, 0) is 37.3 Å². The number of benzene rings is 2. The minimum atomic E-state index is -0.212. The van der Waals surface area contributed by atoms with Crippen molar-refractivity contribution in [2.75, 3.05) is 17.9 Å². The second kappa shape index (κ2) is 7.09. The molecule has 0 radical (unpaired) electrons. The van der Waals surface area contributed by atoms with Gasteiger partial charge in [0.25, 0.3) is 0 Å². The van der Waals surface area contributed by atoms with Gasteiger partial charge in [-0.1, -0.05) is 22.8 Å². The Labute approximate surface area is 153 Å². The molecule has 132 valence electrons. The normalized spacial score (nSPS) is 12.2. The second-order valence-corrected chi connectivity index (χ2v) is 6.68. The first-order chi connectivity index (χ1) is 12.7. The van der Waals surface area contributed by atoms with Crippen LogP contribution in [0.5, 0.6) is 11.5 Å². The van der Waals surface area contributed by atoms with Gasteiger partial charge in [-0.3, -0.25) is 10.1 Å². The molecule has 0 spiro atoms. The smallest absolute Gasteiger partial charge is 0.322 e. The molecule has 2 heterocycles. The highest BCUT2D eigenvalue weighted by Gasteiger charge is 2.17. The molecular weight excluding hydrogens is 354 g/mol. The number of ether oxygens (including phenoxy) is 2. The first kappa shape index (κ1) is 16.5. The zero-order chi connectivity index (χ0) is 17.9. The van der Waals surface area contributed by atoms with Gasteiger partial charge in [0.2, 0.25) is 18.6 Å². The highest BCUT2D eigenvalue weighted by molar-refractivity contribution is 8.00. The molecule has 0 bridgehead atoms. The fraction of sp³-hybridized carbons (Fsp3) is 0.167. The summed E-state index contributed by atoms with van der Waals surface area (Å²) < 4.78 is 16.1. The lowest BCUT2D eigenvalue weighted by Gasteiger charge is -2.02. The lowest BCUT2D eigenvalue weighted by Crippen LogP contribution is -2.14. The Morgan fingerprint density at radius 1 is 1.12 bits per heavy atom. The fourth-order valence-electron chi connectivity index (χ4n) is 2.36. The lowest BCUT2D eigenvalue weighted by molar-refractivity contribution is -0.113. The zero-order valence-corrected chi connectivity index (χ0v) is 14.7. The number of hydrogen-bond donors (Lipinski definition) is 1. The second-order valence-electron chi connectivity index (χ2n) is 5.63. The quantitative estimate of drug-likeness (QED) is 0.689. The van der Waals surface area contributed by atoms with Crippen LogP contribution >= 0.6 is 11.8 Å². The molecule has 1 aliphatic heterocycles. The van der Waals surface area contributed by atoms with Gasteiger partial charge in [0.05, 0.1) is 5.75 Å². The summed E-state index contributed by atoms with van der Waals surface area (Å²) in [7, 11) is 0. The summed E-state index contributed by atoms with van der Waals surface area (Å²) in [6.07, 6.45) is 0. The van der Waals surface area contributed by atoms with Crippen LogP contribution in [0.2, 0.25) is 0 Å². The maximum Gasteiger partial charge on any atom is 0.322 e. The SMILES string of the molecule is Cc1ccc(SCC(=O)Nc2nnc(-c3ccc4c(c3)OCO4)o2)cc1. The molecule has 0 saturated carbocycles. The number of aryl methyl sites for hydroxylation is 1. The van der Waals surface area contributed by atoms with Crippen molar-refractivity contribution < 1.29 is 18.7 Å². The Morgan fingerprint density at radius 3 is 2.77 bits per heavy atom. The number of fused-ring (bicyclic) bond motifs is 1. The van der Waals surface area contributed by atoms with E-state index >= 15 is 0 Å². The molecule has 0 atom stereocenters. The molecule has 0 aliphatic carbocycles. The Hall–Kier alpha value is -3.00. The lowest BCUT2D eigenvalue weighted by atomic mass is 10.2. The summed E-state index contributed by atoms with van der Waals surface area (Å²) in [5.41, 5.74) is 1.87. The molecule has 7 nitrogen and oxygen atoms in total. The van der Waals surface area contributed by atoms with Gasteiger partial charge in [-0.2, -0.15) is 0 Å². The third-order valence-corrected chi connectivity index (χ3v) is 4.69. The third-order valence-electron chi connectivity index (χ3n) is 3.68. The van der Waals surface area contributed by atoms with Gasteiger partial charge in [-0.25, -0.2) is 0 Å². The van der Waals surface area contributed by atoms with Crippen molar-refractivity contribution in [1.82, 2.24) is 10.2 Å². The number of thioether (sulfide) groups is 1. The molecule has 1 aromatic heterocycles. The molecule has 1 amide bonds.